The number of aromatic nitrogens is 4. The number of carbonyl (C=O) groups is 1. The molecule has 7 nitrogen and oxygen atoms in total. The van der Waals surface area contributed by atoms with Crippen LogP contribution < -0.4 is 11.1 Å². The van der Waals surface area contributed by atoms with Crippen LogP contribution in [-0.2, 0) is 0 Å². The largest absolute Gasteiger partial charge is 0.383 e. The standard InChI is InChI=1S/C16H14N6O/c1-10-4-6-19-13(7-10)21-16(23)12-9-20-15(22-14(12)17)11-3-2-5-18-8-11/h2-9H,1H3,(H2,17,20,22)(H,19,21,23). The van der Waals surface area contributed by atoms with Crippen LogP contribution in [0.1, 0.15) is 15.9 Å². The molecule has 0 bridgehead atoms. The van der Waals surface area contributed by atoms with E-state index in [1.165, 1.54) is 6.20 Å². The monoisotopic (exact) mass is 306 g/mol. The maximum atomic E-state index is 12.3. The van der Waals surface area contributed by atoms with E-state index >= 15 is 0 Å². The molecule has 114 valence electrons. The fraction of sp³-hybridized carbons (Fsp3) is 0.0625. The maximum Gasteiger partial charge on any atom is 0.262 e. The highest BCUT2D eigenvalue weighted by atomic mass is 16.1. The number of carbonyl (C=O) groups excluding carboxylic acids is 1. The molecule has 0 aliphatic carbocycles. The topological polar surface area (TPSA) is 107 Å². The Kier molecular flexibility index (Phi) is 3.92. The van der Waals surface area contributed by atoms with Gasteiger partial charge in [0.1, 0.15) is 17.2 Å². The number of hydrogen-bond acceptors (Lipinski definition) is 6. The summed E-state index contributed by atoms with van der Waals surface area (Å²) in [5.74, 6) is 0.564. The van der Waals surface area contributed by atoms with Gasteiger partial charge in [0.2, 0.25) is 0 Å². The van der Waals surface area contributed by atoms with Crippen molar-refractivity contribution in [3.05, 3.63) is 60.2 Å². The number of nitrogens with zero attached hydrogens (tertiary/aromatic N) is 4. The lowest BCUT2D eigenvalue weighted by atomic mass is 10.2. The van der Waals surface area contributed by atoms with Crippen LogP contribution in [0, 0.1) is 6.92 Å². The highest BCUT2D eigenvalue weighted by molar-refractivity contribution is 6.06. The Balaban J connectivity index is 1.84. The molecular formula is C16H14N6O. The van der Waals surface area contributed by atoms with Crippen LogP contribution in [0.3, 0.4) is 0 Å². The van der Waals surface area contributed by atoms with Crippen LogP contribution >= 0.6 is 0 Å². The molecular weight excluding hydrogens is 292 g/mol. The zero-order valence-corrected chi connectivity index (χ0v) is 12.4. The van der Waals surface area contributed by atoms with E-state index in [1.807, 2.05) is 19.1 Å². The lowest BCUT2D eigenvalue weighted by molar-refractivity contribution is 0.102. The van der Waals surface area contributed by atoms with E-state index in [2.05, 4.69) is 25.3 Å². The van der Waals surface area contributed by atoms with Gasteiger partial charge in [-0.15, -0.1) is 0 Å². The number of amides is 1. The number of pyridine rings is 2. The van der Waals surface area contributed by atoms with Crippen molar-refractivity contribution in [1.29, 1.82) is 0 Å². The summed E-state index contributed by atoms with van der Waals surface area (Å²) in [6, 6.07) is 7.20. The summed E-state index contributed by atoms with van der Waals surface area (Å²) >= 11 is 0. The van der Waals surface area contributed by atoms with Gasteiger partial charge in [-0.3, -0.25) is 9.78 Å². The van der Waals surface area contributed by atoms with Gasteiger partial charge in [-0.25, -0.2) is 15.0 Å². The zero-order valence-electron chi connectivity index (χ0n) is 12.4. The van der Waals surface area contributed by atoms with Crippen molar-refractivity contribution in [2.75, 3.05) is 11.1 Å². The fourth-order valence-electron chi connectivity index (χ4n) is 1.99. The smallest absolute Gasteiger partial charge is 0.262 e. The summed E-state index contributed by atoms with van der Waals surface area (Å²) < 4.78 is 0. The predicted octanol–water partition coefficient (Wildman–Crippen LogP) is 2.08. The number of nitrogens with two attached hydrogens (primary N) is 1. The molecule has 3 N–H and O–H groups in total. The first kappa shape index (κ1) is 14.6. The third-order valence-corrected chi connectivity index (χ3v) is 3.14. The van der Waals surface area contributed by atoms with Crippen LogP contribution in [-0.4, -0.2) is 25.8 Å². The molecule has 0 aliphatic rings. The second kappa shape index (κ2) is 6.18. The molecule has 7 heteroatoms. The van der Waals surface area contributed by atoms with Gasteiger partial charge in [-0.1, -0.05) is 0 Å². The van der Waals surface area contributed by atoms with Gasteiger partial charge >= 0.3 is 0 Å². The quantitative estimate of drug-likeness (QED) is 0.767. The van der Waals surface area contributed by atoms with Crippen molar-refractivity contribution in [2.24, 2.45) is 0 Å². The van der Waals surface area contributed by atoms with Gasteiger partial charge in [0.25, 0.3) is 5.91 Å². The van der Waals surface area contributed by atoms with Crippen molar-refractivity contribution < 1.29 is 4.79 Å². The number of aryl methyl sites for hydroxylation is 1. The lowest BCUT2D eigenvalue weighted by Crippen LogP contribution is -2.16. The minimum atomic E-state index is -0.404. The first-order valence-electron chi connectivity index (χ1n) is 6.90. The third kappa shape index (κ3) is 3.29. The molecule has 0 unspecified atom stereocenters. The van der Waals surface area contributed by atoms with Crippen molar-refractivity contribution >= 4 is 17.5 Å². The molecule has 0 spiro atoms. The second-order valence-electron chi connectivity index (χ2n) is 4.91. The maximum absolute atomic E-state index is 12.3. The zero-order chi connectivity index (χ0) is 16.2. The van der Waals surface area contributed by atoms with Crippen LogP contribution in [0.4, 0.5) is 11.6 Å². The molecule has 0 saturated carbocycles. The number of anilines is 2. The second-order valence-corrected chi connectivity index (χ2v) is 4.91. The van der Waals surface area contributed by atoms with Crippen molar-refractivity contribution in [1.82, 2.24) is 19.9 Å². The number of nitrogens with one attached hydrogen (secondary N) is 1. The van der Waals surface area contributed by atoms with E-state index in [-0.39, 0.29) is 11.4 Å². The molecule has 3 heterocycles. The third-order valence-electron chi connectivity index (χ3n) is 3.14. The molecule has 0 aromatic carbocycles. The van der Waals surface area contributed by atoms with E-state index in [9.17, 15) is 4.79 Å². The summed E-state index contributed by atoms with van der Waals surface area (Å²) in [6.07, 6.45) is 6.31. The Morgan fingerprint density at radius 2 is 2.04 bits per heavy atom. The Bertz CT molecular complexity index is 850. The summed E-state index contributed by atoms with van der Waals surface area (Å²) in [5, 5.41) is 2.68. The molecule has 3 rings (SSSR count). The van der Waals surface area contributed by atoms with E-state index in [0.29, 0.717) is 11.6 Å². The van der Waals surface area contributed by atoms with E-state index in [0.717, 1.165) is 11.1 Å². The lowest BCUT2D eigenvalue weighted by Gasteiger charge is -2.08. The first-order chi connectivity index (χ1) is 11.1. The summed E-state index contributed by atoms with van der Waals surface area (Å²) in [6.45, 7) is 1.91. The Labute approximate surface area is 132 Å². The van der Waals surface area contributed by atoms with Gasteiger partial charge < -0.3 is 11.1 Å². The molecule has 1 amide bonds. The van der Waals surface area contributed by atoms with E-state index in [1.54, 1.807) is 30.7 Å². The molecule has 0 radical (unpaired) electrons. The van der Waals surface area contributed by atoms with E-state index < -0.39 is 5.91 Å². The fourth-order valence-corrected chi connectivity index (χ4v) is 1.99. The number of rotatable bonds is 3. The molecule has 0 aliphatic heterocycles. The molecule has 3 aromatic rings. The normalized spacial score (nSPS) is 10.3. The van der Waals surface area contributed by atoms with Crippen molar-refractivity contribution in [3.8, 4) is 11.4 Å². The molecule has 0 saturated heterocycles. The molecule has 0 atom stereocenters. The van der Waals surface area contributed by atoms with Crippen LogP contribution in [0.25, 0.3) is 11.4 Å². The highest BCUT2D eigenvalue weighted by Crippen LogP contribution is 2.17. The van der Waals surface area contributed by atoms with E-state index in [4.69, 9.17) is 5.73 Å². The average molecular weight is 306 g/mol. The average Bonchev–Trinajstić information content (AvgIpc) is 2.55. The predicted molar refractivity (Wildman–Crippen MR) is 86.6 cm³/mol. The van der Waals surface area contributed by atoms with Crippen LogP contribution in [0.15, 0.2) is 49.1 Å². The molecule has 23 heavy (non-hydrogen) atoms. The van der Waals surface area contributed by atoms with Gasteiger partial charge in [0, 0.05) is 30.4 Å². The summed E-state index contributed by atoms with van der Waals surface area (Å²) in [7, 11) is 0. The number of nitrogen functional groups attached to an aromatic ring is 1. The van der Waals surface area contributed by atoms with Gasteiger partial charge in [-0.05, 0) is 36.8 Å². The van der Waals surface area contributed by atoms with Crippen LogP contribution in [0.5, 0.6) is 0 Å². The van der Waals surface area contributed by atoms with Gasteiger partial charge in [0.05, 0.1) is 0 Å². The highest BCUT2D eigenvalue weighted by Gasteiger charge is 2.14. The number of hydrogen-bond donors (Lipinski definition) is 2. The summed E-state index contributed by atoms with van der Waals surface area (Å²) in [4.78, 5) is 28.7. The van der Waals surface area contributed by atoms with Crippen molar-refractivity contribution in [2.45, 2.75) is 6.92 Å². The Hall–Kier alpha value is -3.35. The Morgan fingerprint density at radius 3 is 2.74 bits per heavy atom. The minimum absolute atomic E-state index is 0.101. The molecule has 3 aromatic heterocycles. The van der Waals surface area contributed by atoms with Crippen molar-refractivity contribution in [3.63, 3.8) is 0 Å². The van der Waals surface area contributed by atoms with Gasteiger partial charge in [0.15, 0.2) is 5.82 Å². The SMILES string of the molecule is Cc1ccnc(NC(=O)c2cnc(-c3cccnc3)nc2N)c1. The van der Waals surface area contributed by atoms with Gasteiger partial charge in [-0.2, -0.15) is 0 Å². The summed E-state index contributed by atoms with van der Waals surface area (Å²) in [5.41, 5.74) is 7.81. The first-order valence-corrected chi connectivity index (χ1v) is 6.90. The molecule has 0 fully saturated rings. The minimum Gasteiger partial charge on any atom is -0.383 e. The van der Waals surface area contributed by atoms with Crippen LogP contribution in [0.2, 0.25) is 0 Å². The Morgan fingerprint density at radius 1 is 1.17 bits per heavy atom.